The summed E-state index contributed by atoms with van der Waals surface area (Å²) in [7, 11) is -3.71. The molecule has 0 spiro atoms. The maximum atomic E-state index is 11.4. The van der Waals surface area contributed by atoms with Crippen molar-refractivity contribution in [3.05, 3.63) is 23.8 Å². The van der Waals surface area contributed by atoms with Gasteiger partial charge in [-0.15, -0.1) is 0 Å². The van der Waals surface area contributed by atoms with Gasteiger partial charge in [0.1, 0.15) is 0 Å². The van der Waals surface area contributed by atoms with Gasteiger partial charge in [-0.2, -0.15) is 0 Å². The smallest absolute Gasteiger partial charge is 0.238 e. The highest BCUT2D eigenvalue weighted by Crippen LogP contribution is 2.23. The van der Waals surface area contributed by atoms with Crippen molar-refractivity contribution in [3.8, 4) is 0 Å². The highest BCUT2D eigenvalue weighted by Gasteiger charge is 2.21. The molecule has 0 amide bonds. The predicted octanol–water partition coefficient (Wildman–Crippen LogP) is 1.46. The first-order valence-corrected chi connectivity index (χ1v) is 7.75. The lowest BCUT2D eigenvalue weighted by Crippen LogP contribution is -2.29. The summed E-state index contributed by atoms with van der Waals surface area (Å²) in [5.41, 5.74) is 1.07. The van der Waals surface area contributed by atoms with Gasteiger partial charge < -0.3 is 10.4 Å². The van der Waals surface area contributed by atoms with Gasteiger partial charge in [0.2, 0.25) is 10.0 Å². The molecule has 1 rings (SSSR count). The molecule has 0 aliphatic rings. The van der Waals surface area contributed by atoms with Crippen LogP contribution in [0.3, 0.4) is 0 Å². The Kier molecular flexibility index (Phi) is 4.95. The summed E-state index contributed by atoms with van der Waals surface area (Å²) in [6, 6.07) is 5.04. The monoisotopic (exact) mass is 286 g/mol. The molecule has 0 aliphatic carbocycles. The molecule has 1 unspecified atom stereocenters. The van der Waals surface area contributed by atoms with Gasteiger partial charge >= 0.3 is 0 Å². The summed E-state index contributed by atoms with van der Waals surface area (Å²) >= 11 is 0. The molecule has 1 atom stereocenters. The fourth-order valence-electron chi connectivity index (χ4n) is 1.62. The second kappa shape index (κ2) is 5.90. The number of benzene rings is 1. The van der Waals surface area contributed by atoms with Gasteiger partial charge in [-0.1, -0.05) is 19.9 Å². The second-order valence-electron chi connectivity index (χ2n) is 5.20. The Bertz CT molecular complexity index is 537. The van der Waals surface area contributed by atoms with Crippen LogP contribution < -0.4 is 10.5 Å². The van der Waals surface area contributed by atoms with Crippen LogP contribution in [-0.4, -0.2) is 26.7 Å². The number of hydrogen-bond acceptors (Lipinski definition) is 4. The van der Waals surface area contributed by atoms with Gasteiger partial charge in [-0.3, -0.25) is 0 Å². The van der Waals surface area contributed by atoms with Gasteiger partial charge in [0.05, 0.1) is 11.5 Å². The lowest BCUT2D eigenvalue weighted by atomic mass is 9.88. The first-order chi connectivity index (χ1) is 8.72. The lowest BCUT2D eigenvalue weighted by Gasteiger charge is -2.26. The van der Waals surface area contributed by atoms with Crippen LogP contribution in [0.2, 0.25) is 0 Å². The van der Waals surface area contributed by atoms with E-state index in [2.05, 4.69) is 5.32 Å². The van der Waals surface area contributed by atoms with Crippen LogP contribution in [-0.2, 0) is 10.0 Å². The van der Waals surface area contributed by atoms with E-state index >= 15 is 0 Å². The van der Waals surface area contributed by atoms with E-state index in [4.69, 9.17) is 5.14 Å². The summed E-state index contributed by atoms with van der Waals surface area (Å²) in [6.07, 6.45) is 0.824. The molecule has 5 nitrogen and oxygen atoms in total. The first kappa shape index (κ1) is 15.9. The minimum Gasteiger partial charge on any atom is -0.396 e. The summed E-state index contributed by atoms with van der Waals surface area (Å²) in [5, 5.41) is 17.6. The number of primary sulfonamides is 1. The van der Waals surface area contributed by atoms with Crippen LogP contribution in [0.15, 0.2) is 23.1 Å². The lowest BCUT2D eigenvalue weighted by molar-refractivity contribution is 0.149. The van der Waals surface area contributed by atoms with E-state index in [9.17, 15) is 13.5 Å². The van der Waals surface area contributed by atoms with Crippen molar-refractivity contribution in [2.45, 2.75) is 32.1 Å². The Morgan fingerprint density at radius 3 is 2.53 bits per heavy atom. The number of rotatable bonds is 6. The molecule has 0 saturated heterocycles. The van der Waals surface area contributed by atoms with Crippen molar-refractivity contribution in [1.82, 2.24) is 0 Å². The molecular weight excluding hydrogens is 264 g/mol. The third kappa shape index (κ3) is 4.19. The zero-order valence-electron chi connectivity index (χ0n) is 11.6. The molecule has 19 heavy (non-hydrogen) atoms. The molecule has 0 fully saturated rings. The maximum absolute atomic E-state index is 11.4. The number of anilines is 1. The number of aryl methyl sites for hydroxylation is 1. The molecule has 1 aromatic carbocycles. The first-order valence-electron chi connectivity index (χ1n) is 6.20. The van der Waals surface area contributed by atoms with Gasteiger partial charge in [0.15, 0.2) is 0 Å². The molecule has 4 N–H and O–H groups in total. The third-order valence-corrected chi connectivity index (χ3v) is 4.50. The van der Waals surface area contributed by atoms with Crippen LogP contribution in [0.25, 0.3) is 0 Å². The second-order valence-corrected chi connectivity index (χ2v) is 6.73. The van der Waals surface area contributed by atoms with Crippen molar-refractivity contribution in [1.29, 1.82) is 0 Å². The maximum Gasteiger partial charge on any atom is 0.238 e. The van der Waals surface area contributed by atoms with Crippen molar-refractivity contribution in [2.75, 3.05) is 18.5 Å². The van der Waals surface area contributed by atoms with Crippen molar-refractivity contribution < 1.29 is 13.5 Å². The van der Waals surface area contributed by atoms with E-state index in [0.717, 1.165) is 6.42 Å². The largest absolute Gasteiger partial charge is 0.396 e. The highest BCUT2D eigenvalue weighted by molar-refractivity contribution is 7.89. The van der Waals surface area contributed by atoms with E-state index in [1.54, 1.807) is 19.1 Å². The SMILES string of the molecule is CCC(C)(CO)CNc1ccc(C)c(S(N)(=O)=O)c1. The fraction of sp³-hybridized carbons (Fsp3) is 0.538. The predicted molar refractivity (Wildman–Crippen MR) is 76.5 cm³/mol. The third-order valence-electron chi connectivity index (χ3n) is 3.45. The van der Waals surface area contributed by atoms with Gasteiger partial charge in [0, 0.05) is 17.6 Å². The zero-order valence-corrected chi connectivity index (χ0v) is 12.4. The van der Waals surface area contributed by atoms with Crippen LogP contribution in [0.5, 0.6) is 0 Å². The number of aliphatic hydroxyl groups excluding tert-OH is 1. The Morgan fingerprint density at radius 1 is 1.42 bits per heavy atom. The number of nitrogens with two attached hydrogens (primary N) is 1. The minimum absolute atomic E-state index is 0.0738. The Balaban J connectivity index is 2.93. The van der Waals surface area contributed by atoms with E-state index in [1.165, 1.54) is 6.07 Å². The summed E-state index contributed by atoms with van der Waals surface area (Å²) in [4.78, 5) is 0.125. The van der Waals surface area contributed by atoms with E-state index in [-0.39, 0.29) is 16.9 Å². The minimum atomic E-state index is -3.71. The molecule has 108 valence electrons. The molecule has 0 heterocycles. The zero-order chi connectivity index (χ0) is 14.7. The summed E-state index contributed by atoms with van der Waals surface area (Å²) < 4.78 is 22.9. The highest BCUT2D eigenvalue weighted by atomic mass is 32.2. The van der Waals surface area contributed by atoms with Crippen molar-refractivity contribution in [3.63, 3.8) is 0 Å². The number of sulfonamides is 1. The Morgan fingerprint density at radius 2 is 2.05 bits per heavy atom. The van der Waals surface area contributed by atoms with Crippen LogP contribution in [0.4, 0.5) is 5.69 Å². The molecular formula is C13H22N2O3S. The van der Waals surface area contributed by atoms with Crippen LogP contribution >= 0.6 is 0 Å². The summed E-state index contributed by atoms with van der Waals surface area (Å²) in [6.45, 7) is 6.31. The van der Waals surface area contributed by atoms with Crippen molar-refractivity contribution in [2.24, 2.45) is 10.6 Å². The average molecular weight is 286 g/mol. The molecule has 0 saturated carbocycles. The van der Waals surface area contributed by atoms with E-state index < -0.39 is 10.0 Å². The van der Waals surface area contributed by atoms with Gasteiger partial charge in [-0.05, 0) is 31.0 Å². The molecule has 1 aromatic rings. The van der Waals surface area contributed by atoms with Crippen LogP contribution in [0, 0.1) is 12.3 Å². The molecule has 0 aromatic heterocycles. The van der Waals surface area contributed by atoms with Crippen LogP contribution in [0.1, 0.15) is 25.8 Å². The normalized spacial score (nSPS) is 15.0. The fourth-order valence-corrected chi connectivity index (χ4v) is 2.43. The molecule has 6 heteroatoms. The topological polar surface area (TPSA) is 92.4 Å². The van der Waals surface area contributed by atoms with E-state index in [0.29, 0.717) is 17.8 Å². The average Bonchev–Trinajstić information content (AvgIpc) is 2.36. The standard InChI is InChI=1S/C13H22N2O3S/c1-4-13(3,9-16)8-15-11-6-5-10(2)12(7-11)19(14,17)18/h5-7,15-16H,4,8-9H2,1-3H3,(H2,14,17,18). The Labute approximate surface area is 114 Å². The van der Waals surface area contributed by atoms with Gasteiger partial charge in [-0.25, -0.2) is 13.6 Å². The number of hydrogen-bond donors (Lipinski definition) is 3. The quantitative estimate of drug-likeness (QED) is 0.738. The molecule has 0 aliphatic heterocycles. The Hall–Kier alpha value is -1.11. The summed E-state index contributed by atoms with van der Waals surface area (Å²) in [5.74, 6) is 0. The number of nitrogens with one attached hydrogen (secondary N) is 1. The van der Waals surface area contributed by atoms with E-state index in [1.807, 2.05) is 13.8 Å². The van der Waals surface area contributed by atoms with Gasteiger partial charge in [0.25, 0.3) is 0 Å². The molecule has 0 bridgehead atoms. The number of aliphatic hydroxyl groups is 1. The molecule has 0 radical (unpaired) electrons. The van der Waals surface area contributed by atoms with Crippen molar-refractivity contribution >= 4 is 15.7 Å².